The fourth-order valence-electron chi connectivity index (χ4n) is 3.16. The van der Waals surface area contributed by atoms with E-state index in [0.717, 1.165) is 28.6 Å². The molecule has 2 fully saturated rings. The van der Waals surface area contributed by atoms with Crippen molar-refractivity contribution in [3.05, 3.63) is 28.2 Å². The van der Waals surface area contributed by atoms with Gasteiger partial charge >= 0.3 is 0 Å². The molecule has 106 valence electrons. The van der Waals surface area contributed by atoms with Crippen LogP contribution in [0.3, 0.4) is 0 Å². The number of amides is 2. The van der Waals surface area contributed by atoms with Crippen molar-refractivity contribution in [1.29, 1.82) is 0 Å². The number of benzene rings is 1. The van der Waals surface area contributed by atoms with E-state index in [1.165, 1.54) is 0 Å². The zero-order valence-corrected chi connectivity index (χ0v) is 13.2. The molecule has 5 heteroatoms. The second-order valence-corrected chi connectivity index (χ2v) is 6.42. The van der Waals surface area contributed by atoms with E-state index < -0.39 is 6.04 Å². The van der Waals surface area contributed by atoms with Gasteiger partial charge in [0.25, 0.3) is 5.91 Å². The van der Waals surface area contributed by atoms with Gasteiger partial charge in [0.05, 0.1) is 0 Å². The van der Waals surface area contributed by atoms with Crippen molar-refractivity contribution < 1.29 is 9.59 Å². The highest BCUT2D eigenvalue weighted by Crippen LogP contribution is 2.33. The molecule has 3 rings (SSSR count). The molecule has 2 amide bonds. The van der Waals surface area contributed by atoms with E-state index in [2.05, 4.69) is 15.9 Å². The predicted molar refractivity (Wildman–Crippen MR) is 80.6 cm³/mol. The van der Waals surface area contributed by atoms with Crippen LogP contribution in [0.2, 0.25) is 0 Å². The minimum Gasteiger partial charge on any atom is -0.329 e. The second-order valence-electron chi connectivity index (χ2n) is 5.50. The minimum absolute atomic E-state index is 0.0517. The van der Waals surface area contributed by atoms with Gasteiger partial charge in [-0.15, -0.1) is 0 Å². The number of aryl methyl sites for hydroxylation is 1. The summed E-state index contributed by atoms with van der Waals surface area (Å²) in [6.45, 7) is 4.49. The van der Waals surface area contributed by atoms with Crippen LogP contribution >= 0.6 is 15.9 Å². The van der Waals surface area contributed by atoms with Crippen LogP contribution in [0.15, 0.2) is 22.7 Å². The van der Waals surface area contributed by atoms with E-state index in [4.69, 9.17) is 0 Å². The number of carbonyl (C=O) groups excluding carboxylic acids is 2. The monoisotopic (exact) mass is 336 g/mol. The second kappa shape index (κ2) is 4.88. The lowest BCUT2D eigenvalue weighted by Crippen LogP contribution is -2.62. The molecule has 1 aromatic carbocycles. The standard InChI is InChI=1S/C15H17BrN2O2/c1-9-5-6-11(16)8-13(9)18-10(2)14(19)17-7-3-4-12(17)15(18)20/h5-6,8,10,12H,3-4,7H2,1-2H3. The fourth-order valence-corrected chi connectivity index (χ4v) is 3.51. The molecule has 2 aliphatic heterocycles. The average molecular weight is 337 g/mol. The van der Waals surface area contributed by atoms with Gasteiger partial charge in [0.1, 0.15) is 12.1 Å². The highest BCUT2D eigenvalue weighted by Gasteiger charge is 2.46. The third kappa shape index (κ3) is 1.95. The summed E-state index contributed by atoms with van der Waals surface area (Å²) in [5.41, 5.74) is 1.84. The molecule has 0 bridgehead atoms. The number of halogens is 1. The first-order valence-electron chi connectivity index (χ1n) is 6.90. The summed E-state index contributed by atoms with van der Waals surface area (Å²) in [7, 11) is 0. The summed E-state index contributed by atoms with van der Waals surface area (Å²) in [5.74, 6) is 0.113. The van der Waals surface area contributed by atoms with Crippen LogP contribution in [0.1, 0.15) is 25.3 Å². The smallest absolute Gasteiger partial charge is 0.250 e. The average Bonchev–Trinajstić information content (AvgIpc) is 2.90. The molecule has 2 heterocycles. The van der Waals surface area contributed by atoms with Gasteiger partial charge in [0.2, 0.25) is 5.91 Å². The summed E-state index contributed by atoms with van der Waals surface area (Å²) in [5, 5.41) is 0. The molecule has 0 aliphatic carbocycles. The van der Waals surface area contributed by atoms with Crippen LogP contribution < -0.4 is 4.90 Å². The van der Waals surface area contributed by atoms with Gasteiger partial charge in [-0.2, -0.15) is 0 Å². The summed E-state index contributed by atoms with van der Waals surface area (Å²) < 4.78 is 0.916. The molecule has 2 saturated heterocycles. The Bertz CT molecular complexity index is 587. The normalized spacial score (nSPS) is 26.1. The van der Waals surface area contributed by atoms with Crippen LogP contribution in [0.4, 0.5) is 5.69 Å². The number of carbonyl (C=O) groups is 2. The van der Waals surface area contributed by atoms with Crippen molar-refractivity contribution in [3.8, 4) is 0 Å². The molecular formula is C15H17BrN2O2. The van der Waals surface area contributed by atoms with Crippen LogP contribution in [-0.4, -0.2) is 35.3 Å². The van der Waals surface area contributed by atoms with Gasteiger partial charge in [-0.05, 0) is 44.4 Å². The maximum absolute atomic E-state index is 12.7. The van der Waals surface area contributed by atoms with Crippen molar-refractivity contribution in [2.24, 2.45) is 0 Å². The maximum atomic E-state index is 12.7. The highest BCUT2D eigenvalue weighted by atomic mass is 79.9. The first-order chi connectivity index (χ1) is 9.50. The van der Waals surface area contributed by atoms with E-state index in [-0.39, 0.29) is 17.9 Å². The lowest BCUT2D eigenvalue weighted by Gasteiger charge is -2.41. The van der Waals surface area contributed by atoms with Crippen molar-refractivity contribution in [1.82, 2.24) is 4.90 Å². The number of rotatable bonds is 1. The van der Waals surface area contributed by atoms with Gasteiger partial charge in [0.15, 0.2) is 0 Å². The first-order valence-corrected chi connectivity index (χ1v) is 7.69. The Balaban J connectivity index is 2.05. The molecule has 0 radical (unpaired) electrons. The Kier molecular flexibility index (Phi) is 3.32. The van der Waals surface area contributed by atoms with Crippen LogP contribution in [0.5, 0.6) is 0 Å². The summed E-state index contributed by atoms with van der Waals surface area (Å²) >= 11 is 3.44. The number of hydrogen-bond donors (Lipinski definition) is 0. The Morgan fingerprint density at radius 3 is 2.75 bits per heavy atom. The molecule has 0 saturated carbocycles. The van der Waals surface area contributed by atoms with E-state index in [9.17, 15) is 9.59 Å². The van der Waals surface area contributed by atoms with Crippen molar-refractivity contribution in [2.75, 3.05) is 11.4 Å². The zero-order chi connectivity index (χ0) is 14.4. The molecule has 2 unspecified atom stereocenters. The number of nitrogens with zero attached hydrogens (tertiary/aromatic N) is 2. The quantitative estimate of drug-likeness (QED) is 0.790. The molecule has 20 heavy (non-hydrogen) atoms. The minimum atomic E-state index is -0.426. The Morgan fingerprint density at radius 2 is 2.00 bits per heavy atom. The molecule has 2 aliphatic rings. The topological polar surface area (TPSA) is 40.6 Å². The zero-order valence-electron chi connectivity index (χ0n) is 11.6. The Hall–Kier alpha value is -1.36. The summed E-state index contributed by atoms with van der Waals surface area (Å²) in [4.78, 5) is 28.6. The number of fused-ring (bicyclic) bond motifs is 1. The predicted octanol–water partition coefficient (Wildman–Crippen LogP) is 2.48. The van der Waals surface area contributed by atoms with E-state index in [0.29, 0.717) is 6.54 Å². The third-order valence-electron chi connectivity index (χ3n) is 4.23. The summed E-state index contributed by atoms with van der Waals surface area (Å²) in [6.07, 6.45) is 1.70. The van der Waals surface area contributed by atoms with Crippen molar-refractivity contribution in [2.45, 2.75) is 38.8 Å². The van der Waals surface area contributed by atoms with Crippen LogP contribution in [0, 0.1) is 6.92 Å². The van der Waals surface area contributed by atoms with E-state index >= 15 is 0 Å². The van der Waals surface area contributed by atoms with Gasteiger partial charge in [-0.25, -0.2) is 0 Å². The van der Waals surface area contributed by atoms with Gasteiger partial charge in [0, 0.05) is 16.7 Å². The Morgan fingerprint density at radius 1 is 1.25 bits per heavy atom. The fraction of sp³-hybridized carbons (Fsp3) is 0.467. The van der Waals surface area contributed by atoms with Crippen molar-refractivity contribution in [3.63, 3.8) is 0 Å². The lowest BCUT2D eigenvalue weighted by atomic mass is 10.0. The lowest BCUT2D eigenvalue weighted by molar-refractivity contribution is -0.143. The molecule has 0 N–H and O–H groups in total. The SMILES string of the molecule is Cc1ccc(Br)cc1N1C(=O)C2CCCN2C(=O)C1C. The Labute approximate surface area is 126 Å². The molecule has 4 nitrogen and oxygen atoms in total. The largest absolute Gasteiger partial charge is 0.329 e. The van der Waals surface area contributed by atoms with E-state index in [1.807, 2.05) is 32.0 Å². The van der Waals surface area contributed by atoms with Crippen molar-refractivity contribution >= 4 is 33.4 Å². The molecule has 1 aromatic rings. The number of hydrogen-bond acceptors (Lipinski definition) is 2. The molecule has 0 spiro atoms. The molecule has 2 atom stereocenters. The van der Waals surface area contributed by atoms with Gasteiger partial charge < -0.3 is 4.90 Å². The van der Waals surface area contributed by atoms with Crippen LogP contribution in [0.25, 0.3) is 0 Å². The van der Waals surface area contributed by atoms with Crippen LogP contribution in [-0.2, 0) is 9.59 Å². The molecule has 0 aromatic heterocycles. The number of piperazine rings is 1. The summed E-state index contributed by atoms with van der Waals surface area (Å²) in [6, 6.07) is 5.13. The first kappa shape index (κ1) is 13.6. The molecular weight excluding hydrogens is 320 g/mol. The van der Waals surface area contributed by atoms with Gasteiger partial charge in [-0.3, -0.25) is 14.5 Å². The number of anilines is 1. The third-order valence-corrected chi connectivity index (χ3v) is 4.73. The van der Waals surface area contributed by atoms with Gasteiger partial charge in [-0.1, -0.05) is 22.0 Å². The maximum Gasteiger partial charge on any atom is 0.250 e. The highest BCUT2D eigenvalue weighted by molar-refractivity contribution is 9.10. The van der Waals surface area contributed by atoms with E-state index in [1.54, 1.807) is 9.80 Å².